The smallest absolute Gasteiger partial charge is 0.251 e. The number of thioether (sulfide) groups is 1. The standard InChI is InChI=1S/C13H23N3OS/c1-5-6-10-9-11(17)16-12(15-10)18-8-7-14-13(2,3)4/h9,14H,5-8H2,1-4H3,(H,15,16,17). The zero-order chi connectivity index (χ0) is 13.6. The quantitative estimate of drug-likeness (QED) is 0.472. The van der Waals surface area contributed by atoms with Crippen molar-refractivity contribution in [2.45, 2.75) is 51.2 Å². The van der Waals surface area contributed by atoms with Crippen molar-refractivity contribution in [2.24, 2.45) is 0 Å². The van der Waals surface area contributed by atoms with Crippen molar-refractivity contribution in [1.29, 1.82) is 0 Å². The number of aromatic nitrogens is 2. The van der Waals surface area contributed by atoms with Crippen molar-refractivity contribution in [1.82, 2.24) is 15.3 Å². The maximum absolute atomic E-state index is 11.5. The van der Waals surface area contributed by atoms with Crippen molar-refractivity contribution < 1.29 is 0 Å². The zero-order valence-corrected chi connectivity index (χ0v) is 12.5. The number of aromatic amines is 1. The van der Waals surface area contributed by atoms with Crippen molar-refractivity contribution in [3.8, 4) is 0 Å². The number of H-pyrrole nitrogens is 1. The van der Waals surface area contributed by atoms with E-state index in [4.69, 9.17) is 0 Å². The number of aryl methyl sites for hydroxylation is 1. The van der Waals surface area contributed by atoms with Crippen LogP contribution in [0.25, 0.3) is 0 Å². The third-order valence-electron chi connectivity index (χ3n) is 2.28. The fraction of sp³-hybridized carbons (Fsp3) is 0.692. The Balaban J connectivity index is 2.49. The summed E-state index contributed by atoms with van der Waals surface area (Å²) in [6, 6.07) is 1.58. The highest BCUT2D eigenvalue weighted by Crippen LogP contribution is 2.11. The van der Waals surface area contributed by atoms with Gasteiger partial charge in [-0.15, -0.1) is 0 Å². The van der Waals surface area contributed by atoms with Gasteiger partial charge in [0.1, 0.15) is 0 Å². The Labute approximate surface area is 113 Å². The van der Waals surface area contributed by atoms with Crippen molar-refractivity contribution >= 4 is 11.8 Å². The minimum absolute atomic E-state index is 0.0558. The molecule has 1 aromatic heterocycles. The molecular formula is C13H23N3OS. The van der Waals surface area contributed by atoms with Crippen LogP contribution in [0.2, 0.25) is 0 Å². The molecule has 1 rings (SSSR count). The number of nitrogens with zero attached hydrogens (tertiary/aromatic N) is 1. The van der Waals surface area contributed by atoms with E-state index in [-0.39, 0.29) is 11.1 Å². The van der Waals surface area contributed by atoms with Gasteiger partial charge >= 0.3 is 0 Å². The largest absolute Gasteiger partial charge is 0.311 e. The first-order valence-electron chi connectivity index (χ1n) is 6.39. The van der Waals surface area contributed by atoms with E-state index in [1.54, 1.807) is 17.8 Å². The molecule has 0 bridgehead atoms. The molecule has 0 unspecified atom stereocenters. The van der Waals surface area contributed by atoms with Crippen molar-refractivity contribution in [2.75, 3.05) is 12.3 Å². The number of nitrogens with one attached hydrogen (secondary N) is 2. The zero-order valence-electron chi connectivity index (χ0n) is 11.7. The SMILES string of the molecule is CCCc1cc(=O)[nH]c(SCCNC(C)(C)C)n1. The molecule has 5 heteroatoms. The second-order valence-corrected chi connectivity index (χ2v) is 6.40. The lowest BCUT2D eigenvalue weighted by Crippen LogP contribution is -2.37. The lowest BCUT2D eigenvalue weighted by Gasteiger charge is -2.20. The summed E-state index contributed by atoms with van der Waals surface area (Å²) >= 11 is 1.59. The Kier molecular flexibility index (Phi) is 5.88. The van der Waals surface area contributed by atoms with Crippen molar-refractivity contribution in [3.63, 3.8) is 0 Å². The van der Waals surface area contributed by atoms with Crippen LogP contribution in [0.5, 0.6) is 0 Å². The fourth-order valence-electron chi connectivity index (χ4n) is 1.51. The molecule has 2 N–H and O–H groups in total. The van der Waals surface area contributed by atoms with E-state index in [9.17, 15) is 4.79 Å². The highest BCUT2D eigenvalue weighted by atomic mass is 32.2. The second-order valence-electron chi connectivity index (χ2n) is 5.32. The monoisotopic (exact) mass is 269 g/mol. The van der Waals surface area contributed by atoms with Gasteiger partial charge in [0, 0.05) is 29.6 Å². The number of hydrogen-bond donors (Lipinski definition) is 2. The number of rotatable bonds is 6. The van der Waals surface area contributed by atoms with Crippen LogP contribution < -0.4 is 10.9 Å². The molecule has 1 heterocycles. The summed E-state index contributed by atoms with van der Waals surface area (Å²) in [5.41, 5.74) is 0.957. The number of hydrogen-bond acceptors (Lipinski definition) is 4. The molecule has 0 aliphatic rings. The normalized spacial score (nSPS) is 11.8. The predicted molar refractivity (Wildman–Crippen MR) is 77.3 cm³/mol. The van der Waals surface area contributed by atoms with Gasteiger partial charge in [-0.05, 0) is 27.2 Å². The van der Waals surface area contributed by atoms with Crippen LogP contribution in [-0.2, 0) is 6.42 Å². The van der Waals surface area contributed by atoms with E-state index >= 15 is 0 Å². The molecule has 0 saturated carbocycles. The van der Waals surface area contributed by atoms with Crippen molar-refractivity contribution in [3.05, 3.63) is 22.1 Å². The molecule has 0 spiro atoms. The molecule has 4 nitrogen and oxygen atoms in total. The molecule has 1 aromatic rings. The highest BCUT2D eigenvalue weighted by molar-refractivity contribution is 7.99. The Bertz CT molecular complexity index is 423. The Morgan fingerprint density at radius 3 is 2.78 bits per heavy atom. The maximum Gasteiger partial charge on any atom is 0.251 e. The lowest BCUT2D eigenvalue weighted by atomic mass is 10.1. The van der Waals surface area contributed by atoms with Gasteiger partial charge in [-0.2, -0.15) is 0 Å². The van der Waals surface area contributed by atoms with Gasteiger partial charge in [-0.3, -0.25) is 4.79 Å². The third kappa shape index (κ3) is 6.21. The molecule has 102 valence electrons. The van der Waals surface area contributed by atoms with Crippen LogP contribution in [0.4, 0.5) is 0 Å². The minimum Gasteiger partial charge on any atom is -0.311 e. The van der Waals surface area contributed by atoms with Crippen LogP contribution in [0.1, 0.15) is 39.8 Å². The van der Waals surface area contributed by atoms with Gasteiger partial charge in [-0.1, -0.05) is 25.1 Å². The van der Waals surface area contributed by atoms with E-state index in [1.165, 1.54) is 0 Å². The molecule has 0 fully saturated rings. The van der Waals surface area contributed by atoms with E-state index < -0.39 is 0 Å². The molecule has 0 amide bonds. The Morgan fingerprint density at radius 1 is 1.44 bits per heavy atom. The Morgan fingerprint density at radius 2 is 2.17 bits per heavy atom. The predicted octanol–water partition coefficient (Wildman–Crippen LogP) is 2.20. The molecule has 0 aliphatic carbocycles. The van der Waals surface area contributed by atoms with E-state index in [1.807, 2.05) is 0 Å². The highest BCUT2D eigenvalue weighted by Gasteiger charge is 2.08. The average Bonchev–Trinajstić information content (AvgIpc) is 2.23. The first-order chi connectivity index (χ1) is 8.40. The summed E-state index contributed by atoms with van der Waals surface area (Å²) in [6.45, 7) is 9.40. The topological polar surface area (TPSA) is 57.8 Å². The average molecular weight is 269 g/mol. The summed E-state index contributed by atoms with van der Waals surface area (Å²) in [4.78, 5) is 18.7. The van der Waals surface area contributed by atoms with Gasteiger partial charge in [0.15, 0.2) is 5.16 Å². The van der Waals surface area contributed by atoms with Gasteiger partial charge in [0.2, 0.25) is 0 Å². The molecular weight excluding hydrogens is 246 g/mol. The van der Waals surface area contributed by atoms with Crippen LogP contribution in [-0.4, -0.2) is 27.8 Å². The van der Waals surface area contributed by atoms with E-state index in [0.717, 1.165) is 36.0 Å². The lowest BCUT2D eigenvalue weighted by molar-refractivity contribution is 0.441. The molecule has 0 saturated heterocycles. The fourth-order valence-corrected chi connectivity index (χ4v) is 2.26. The summed E-state index contributed by atoms with van der Waals surface area (Å²) in [6.07, 6.45) is 1.86. The van der Waals surface area contributed by atoms with Crippen LogP contribution in [0, 0.1) is 0 Å². The van der Waals surface area contributed by atoms with Crippen LogP contribution in [0.3, 0.4) is 0 Å². The van der Waals surface area contributed by atoms with E-state index in [2.05, 4.69) is 43.0 Å². The van der Waals surface area contributed by atoms with Gasteiger partial charge < -0.3 is 10.3 Å². The molecule has 0 aliphatic heterocycles. The van der Waals surface area contributed by atoms with Crippen LogP contribution in [0.15, 0.2) is 16.0 Å². The molecule has 18 heavy (non-hydrogen) atoms. The minimum atomic E-state index is -0.0558. The first kappa shape index (κ1) is 15.2. The summed E-state index contributed by atoms with van der Waals surface area (Å²) in [5.74, 6) is 0.899. The van der Waals surface area contributed by atoms with Gasteiger partial charge in [0.05, 0.1) is 0 Å². The molecule has 0 radical (unpaired) electrons. The first-order valence-corrected chi connectivity index (χ1v) is 7.37. The summed E-state index contributed by atoms with van der Waals surface area (Å²) in [7, 11) is 0. The second kappa shape index (κ2) is 6.95. The third-order valence-corrected chi connectivity index (χ3v) is 3.15. The van der Waals surface area contributed by atoms with Gasteiger partial charge in [0.25, 0.3) is 5.56 Å². The maximum atomic E-state index is 11.5. The Hall–Kier alpha value is -0.810. The molecule has 0 aromatic carbocycles. The van der Waals surface area contributed by atoms with Gasteiger partial charge in [-0.25, -0.2) is 4.98 Å². The molecule has 0 atom stereocenters. The summed E-state index contributed by atoms with van der Waals surface area (Å²) < 4.78 is 0. The van der Waals surface area contributed by atoms with Crippen LogP contribution >= 0.6 is 11.8 Å². The van der Waals surface area contributed by atoms with E-state index in [0.29, 0.717) is 0 Å². The summed E-state index contributed by atoms with van der Waals surface area (Å²) in [5, 5.41) is 4.13.